The average Bonchev–Trinajstić information content (AvgIpc) is 2.83. The van der Waals surface area contributed by atoms with Crippen molar-refractivity contribution in [1.82, 2.24) is 10.2 Å². The Balaban J connectivity index is 1.95. The topological polar surface area (TPSA) is 15.3 Å². The van der Waals surface area contributed by atoms with E-state index >= 15 is 0 Å². The summed E-state index contributed by atoms with van der Waals surface area (Å²) >= 11 is 1.88. The fourth-order valence-electron chi connectivity index (χ4n) is 2.53. The highest BCUT2D eigenvalue weighted by molar-refractivity contribution is 7.09. The molecular weight excluding hydrogens is 228 g/mol. The molecule has 2 nitrogen and oxygen atoms in total. The molecule has 1 aliphatic rings. The lowest BCUT2D eigenvalue weighted by atomic mass is 9.92. The van der Waals surface area contributed by atoms with Gasteiger partial charge in [0.1, 0.15) is 0 Å². The summed E-state index contributed by atoms with van der Waals surface area (Å²) in [7, 11) is 0. The number of thiophene rings is 1. The Kier molecular flexibility index (Phi) is 4.23. The van der Waals surface area contributed by atoms with Gasteiger partial charge in [-0.1, -0.05) is 13.0 Å². The zero-order chi connectivity index (χ0) is 12.3. The highest BCUT2D eigenvalue weighted by Gasteiger charge is 2.34. The van der Waals surface area contributed by atoms with Crippen molar-refractivity contribution in [2.45, 2.75) is 45.2 Å². The van der Waals surface area contributed by atoms with E-state index in [4.69, 9.17) is 0 Å². The highest BCUT2D eigenvalue weighted by atomic mass is 32.1. The first-order chi connectivity index (χ1) is 8.14. The number of nitrogens with one attached hydrogen (secondary N) is 1. The van der Waals surface area contributed by atoms with E-state index < -0.39 is 0 Å². The van der Waals surface area contributed by atoms with Gasteiger partial charge in [0.2, 0.25) is 0 Å². The Labute approximate surface area is 109 Å². The maximum absolute atomic E-state index is 3.61. The molecular formula is C14H24N2S. The number of hydrogen-bond donors (Lipinski definition) is 1. The maximum atomic E-state index is 3.61. The molecule has 1 aromatic rings. The third kappa shape index (κ3) is 3.09. The second-order valence-electron chi connectivity index (χ2n) is 5.41. The molecule has 0 radical (unpaired) electrons. The molecule has 0 saturated carbocycles. The largest absolute Gasteiger partial charge is 0.311 e. The quantitative estimate of drug-likeness (QED) is 0.886. The van der Waals surface area contributed by atoms with Gasteiger partial charge in [-0.3, -0.25) is 4.90 Å². The molecule has 0 bridgehead atoms. The maximum Gasteiger partial charge on any atom is 0.0304 e. The lowest BCUT2D eigenvalue weighted by molar-refractivity contribution is 0.0540. The second-order valence-corrected chi connectivity index (χ2v) is 6.44. The Hall–Kier alpha value is -0.380. The molecule has 0 aromatic carbocycles. The lowest BCUT2D eigenvalue weighted by Gasteiger charge is -2.47. The smallest absolute Gasteiger partial charge is 0.0304 e. The zero-order valence-electron chi connectivity index (χ0n) is 11.2. The Morgan fingerprint density at radius 3 is 3.06 bits per heavy atom. The number of hydrogen-bond acceptors (Lipinski definition) is 3. The minimum atomic E-state index is 0.337. The molecule has 96 valence electrons. The Morgan fingerprint density at radius 1 is 1.59 bits per heavy atom. The van der Waals surface area contributed by atoms with Crippen LogP contribution in [-0.4, -0.2) is 36.1 Å². The molecule has 1 aromatic heterocycles. The molecule has 0 spiro atoms. The van der Waals surface area contributed by atoms with Gasteiger partial charge in [-0.05, 0) is 38.1 Å². The van der Waals surface area contributed by atoms with Crippen LogP contribution in [0, 0.1) is 0 Å². The van der Waals surface area contributed by atoms with E-state index in [1.54, 1.807) is 0 Å². The third-order valence-electron chi connectivity index (χ3n) is 4.06. The highest BCUT2D eigenvalue weighted by Crippen LogP contribution is 2.23. The van der Waals surface area contributed by atoms with Gasteiger partial charge in [0.15, 0.2) is 0 Å². The molecule has 2 rings (SSSR count). The van der Waals surface area contributed by atoms with Crippen molar-refractivity contribution in [1.29, 1.82) is 0 Å². The van der Waals surface area contributed by atoms with Crippen LogP contribution in [0.1, 0.15) is 32.1 Å². The van der Waals surface area contributed by atoms with E-state index in [-0.39, 0.29) is 0 Å². The third-order valence-corrected chi connectivity index (χ3v) is 5.00. The molecule has 17 heavy (non-hydrogen) atoms. The Morgan fingerprint density at radius 2 is 2.41 bits per heavy atom. The van der Waals surface area contributed by atoms with Gasteiger partial charge < -0.3 is 5.32 Å². The SMILES string of the molecule is CCC1(C)CNC(C)CN1CCc1cccs1. The predicted molar refractivity (Wildman–Crippen MR) is 75.8 cm³/mol. The summed E-state index contributed by atoms with van der Waals surface area (Å²) in [5.41, 5.74) is 0.337. The second kappa shape index (κ2) is 5.51. The van der Waals surface area contributed by atoms with Crippen molar-refractivity contribution in [3.8, 4) is 0 Å². The molecule has 1 aliphatic heterocycles. The van der Waals surface area contributed by atoms with Gasteiger partial charge in [0.25, 0.3) is 0 Å². The van der Waals surface area contributed by atoms with Crippen LogP contribution in [0.15, 0.2) is 17.5 Å². The lowest BCUT2D eigenvalue weighted by Crippen LogP contribution is -2.62. The van der Waals surface area contributed by atoms with Crippen molar-refractivity contribution >= 4 is 11.3 Å². The van der Waals surface area contributed by atoms with Crippen molar-refractivity contribution in [2.75, 3.05) is 19.6 Å². The van der Waals surface area contributed by atoms with Crippen LogP contribution in [0.3, 0.4) is 0 Å². The van der Waals surface area contributed by atoms with Crippen LogP contribution in [0.5, 0.6) is 0 Å². The number of rotatable bonds is 4. The minimum absolute atomic E-state index is 0.337. The van der Waals surface area contributed by atoms with E-state index in [1.165, 1.54) is 30.8 Å². The summed E-state index contributed by atoms with van der Waals surface area (Å²) in [6, 6.07) is 5.02. The van der Waals surface area contributed by atoms with Crippen LogP contribution >= 0.6 is 11.3 Å². The van der Waals surface area contributed by atoms with E-state index in [1.807, 2.05) is 11.3 Å². The van der Waals surface area contributed by atoms with Gasteiger partial charge >= 0.3 is 0 Å². The van der Waals surface area contributed by atoms with E-state index in [0.29, 0.717) is 11.6 Å². The minimum Gasteiger partial charge on any atom is -0.311 e. The number of piperazine rings is 1. The fraction of sp³-hybridized carbons (Fsp3) is 0.714. The van der Waals surface area contributed by atoms with E-state index in [2.05, 4.69) is 48.5 Å². The Bertz CT molecular complexity index is 336. The molecule has 3 heteroatoms. The summed E-state index contributed by atoms with van der Waals surface area (Å²) in [6.07, 6.45) is 2.41. The van der Waals surface area contributed by atoms with Crippen molar-refractivity contribution in [3.05, 3.63) is 22.4 Å². The fourth-order valence-corrected chi connectivity index (χ4v) is 3.23. The summed E-state index contributed by atoms with van der Waals surface area (Å²) in [5.74, 6) is 0. The van der Waals surface area contributed by atoms with E-state index in [0.717, 1.165) is 6.54 Å². The monoisotopic (exact) mass is 252 g/mol. The van der Waals surface area contributed by atoms with Gasteiger partial charge in [-0.2, -0.15) is 0 Å². The molecule has 1 fully saturated rings. The molecule has 2 heterocycles. The summed E-state index contributed by atoms with van der Waals surface area (Å²) in [6.45, 7) is 10.5. The van der Waals surface area contributed by atoms with E-state index in [9.17, 15) is 0 Å². The van der Waals surface area contributed by atoms with Crippen LogP contribution in [0.2, 0.25) is 0 Å². The van der Waals surface area contributed by atoms with Crippen LogP contribution in [0.25, 0.3) is 0 Å². The first kappa shape index (κ1) is 13.1. The van der Waals surface area contributed by atoms with Crippen molar-refractivity contribution in [3.63, 3.8) is 0 Å². The van der Waals surface area contributed by atoms with Gasteiger partial charge in [0, 0.05) is 36.1 Å². The van der Waals surface area contributed by atoms with Crippen molar-refractivity contribution < 1.29 is 0 Å². The molecule has 1 N–H and O–H groups in total. The standard InChI is InChI=1S/C14H24N2S/c1-4-14(3)11-15-12(2)10-16(14)8-7-13-6-5-9-17-13/h5-6,9,12,15H,4,7-8,10-11H2,1-3H3. The van der Waals surface area contributed by atoms with Gasteiger partial charge in [0.05, 0.1) is 0 Å². The summed E-state index contributed by atoms with van der Waals surface area (Å²) in [5, 5.41) is 5.78. The van der Waals surface area contributed by atoms with Crippen LogP contribution < -0.4 is 5.32 Å². The molecule has 2 atom stereocenters. The van der Waals surface area contributed by atoms with Gasteiger partial charge in [-0.15, -0.1) is 11.3 Å². The molecule has 0 amide bonds. The first-order valence-electron chi connectivity index (χ1n) is 6.65. The number of nitrogens with zero attached hydrogens (tertiary/aromatic N) is 1. The zero-order valence-corrected chi connectivity index (χ0v) is 12.0. The summed E-state index contributed by atoms with van der Waals surface area (Å²) < 4.78 is 0. The average molecular weight is 252 g/mol. The summed E-state index contributed by atoms with van der Waals surface area (Å²) in [4.78, 5) is 4.18. The van der Waals surface area contributed by atoms with Crippen LogP contribution in [0.4, 0.5) is 0 Å². The van der Waals surface area contributed by atoms with Crippen molar-refractivity contribution in [2.24, 2.45) is 0 Å². The predicted octanol–water partition coefficient (Wildman–Crippen LogP) is 2.75. The first-order valence-corrected chi connectivity index (χ1v) is 7.53. The van der Waals surface area contributed by atoms with Crippen LogP contribution in [-0.2, 0) is 6.42 Å². The normalized spacial score (nSPS) is 30.6. The molecule has 1 saturated heterocycles. The molecule has 0 aliphatic carbocycles. The van der Waals surface area contributed by atoms with Gasteiger partial charge in [-0.25, -0.2) is 0 Å². The molecule has 2 unspecified atom stereocenters.